The first kappa shape index (κ1) is 17.3. The third-order valence-corrected chi connectivity index (χ3v) is 3.60. The number of hydrogen-bond donors (Lipinski definition) is 2. The Morgan fingerprint density at radius 3 is 2.46 bits per heavy atom. The number of anilines is 2. The molecule has 0 fully saturated rings. The van der Waals surface area contributed by atoms with E-state index in [2.05, 4.69) is 10.3 Å². The van der Waals surface area contributed by atoms with Crippen LogP contribution >= 0.6 is 0 Å². The van der Waals surface area contributed by atoms with Gasteiger partial charge in [0.1, 0.15) is 5.82 Å². The zero-order valence-electron chi connectivity index (χ0n) is 14.5. The van der Waals surface area contributed by atoms with Gasteiger partial charge in [0.2, 0.25) is 5.96 Å². The lowest BCUT2D eigenvalue weighted by molar-refractivity contribution is 0.619. The maximum Gasteiger partial charge on any atom is 0.332 e. The van der Waals surface area contributed by atoms with Gasteiger partial charge in [0.25, 0.3) is 5.56 Å². The van der Waals surface area contributed by atoms with Crippen molar-refractivity contribution >= 4 is 23.2 Å². The zero-order chi connectivity index (χ0) is 18.0. The summed E-state index contributed by atoms with van der Waals surface area (Å²) in [4.78, 5) is 30.3. The summed E-state index contributed by atoms with van der Waals surface area (Å²) in [6.45, 7) is 1.98. The summed E-state index contributed by atoms with van der Waals surface area (Å²) in [5.41, 5.74) is 6.83. The highest BCUT2D eigenvalue weighted by molar-refractivity contribution is 5.95. The van der Waals surface area contributed by atoms with Crippen LogP contribution in [0.3, 0.4) is 0 Å². The number of benzene rings is 1. The van der Waals surface area contributed by atoms with Crippen molar-refractivity contribution in [3.8, 4) is 0 Å². The van der Waals surface area contributed by atoms with Crippen molar-refractivity contribution in [3.05, 3.63) is 50.7 Å². The number of nitrogens with two attached hydrogens (primary N) is 1. The first-order valence-electron chi connectivity index (χ1n) is 7.37. The van der Waals surface area contributed by atoms with E-state index in [0.29, 0.717) is 5.96 Å². The highest BCUT2D eigenvalue weighted by atomic mass is 16.2. The summed E-state index contributed by atoms with van der Waals surface area (Å²) < 4.78 is 2.18. The minimum Gasteiger partial charge on any atom is -0.383 e. The Bertz CT molecular complexity index is 908. The van der Waals surface area contributed by atoms with Crippen LogP contribution < -0.4 is 22.3 Å². The second-order valence-electron chi connectivity index (χ2n) is 5.76. The molecule has 3 N–H and O–H groups in total. The summed E-state index contributed by atoms with van der Waals surface area (Å²) in [6.07, 6.45) is 0. The largest absolute Gasteiger partial charge is 0.383 e. The predicted molar refractivity (Wildman–Crippen MR) is 96.9 cm³/mol. The Balaban J connectivity index is 2.57. The fourth-order valence-corrected chi connectivity index (χ4v) is 2.14. The van der Waals surface area contributed by atoms with Gasteiger partial charge in [0, 0.05) is 33.9 Å². The number of aromatic nitrogens is 2. The van der Waals surface area contributed by atoms with Gasteiger partial charge in [-0.3, -0.25) is 13.9 Å². The third-order valence-electron chi connectivity index (χ3n) is 3.60. The van der Waals surface area contributed by atoms with Crippen LogP contribution in [0, 0.1) is 6.92 Å². The van der Waals surface area contributed by atoms with E-state index in [1.54, 1.807) is 19.0 Å². The number of guanidine groups is 1. The van der Waals surface area contributed by atoms with Crippen molar-refractivity contribution in [2.45, 2.75) is 6.92 Å². The monoisotopic (exact) mass is 330 g/mol. The molecule has 1 aromatic carbocycles. The van der Waals surface area contributed by atoms with Crippen LogP contribution in [0.4, 0.5) is 17.2 Å². The molecule has 24 heavy (non-hydrogen) atoms. The molecule has 0 atom stereocenters. The van der Waals surface area contributed by atoms with Crippen LogP contribution in [0.5, 0.6) is 0 Å². The molecular weight excluding hydrogens is 308 g/mol. The van der Waals surface area contributed by atoms with Gasteiger partial charge < -0.3 is 16.0 Å². The third kappa shape index (κ3) is 3.32. The normalized spacial score (nSPS) is 11.5. The second kappa shape index (κ2) is 6.61. The molecule has 0 amide bonds. The highest BCUT2D eigenvalue weighted by Crippen LogP contribution is 2.16. The van der Waals surface area contributed by atoms with Crippen LogP contribution in [0.25, 0.3) is 0 Å². The predicted octanol–water partition coefficient (Wildman–Crippen LogP) is 0.636. The summed E-state index contributed by atoms with van der Waals surface area (Å²) in [5, 5.41) is 3.16. The van der Waals surface area contributed by atoms with Crippen molar-refractivity contribution < 1.29 is 0 Å². The maximum absolute atomic E-state index is 12.3. The summed E-state index contributed by atoms with van der Waals surface area (Å²) in [7, 11) is 6.49. The Kier molecular flexibility index (Phi) is 4.77. The summed E-state index contributed by atoms with van der Waals surface area (Å²) in [5.74, 6) is 0.455. The molecule has 0 bridgehead atoms. The first-order valence-corrected chi connectivity index (χ1v) is 7.37. The van der Waals surface area contributed by atoms with E-state index >= 15 is 0 Å². The molecule has 2 aromatic rings. The van der Waals surface area contributed by atoms with E-state index in [-0.39, 0.29) is 11.5 Å². The first-order chi connectivity index (χ1) is 11.2. The number of aliphatic imine (C=N–C) groups is 1. The van der Waals surface area contributed by atoms with Crippen molar-refractivity contribution in [1.29, 1.82) is 0 Å². The Labute approximate surface area is 139 Å². The van der Waals surface area contributed by atoms with Crippen LogP contribution in [0.15, 0.2) is 38.8 Å². The average molecular weight is 330 g/mol. The van der Waals surface area contributed by atoms with E-state index in [4.69, 9.17) is 5.73 Å². The topological polar surface area (TPSA) is 97.6 Å². The number of nitrogens with one attached hydrogen (secondary N) is 1. The van der Waals surface area contributed by atoms with E-state index in [1.807, 2.05) is 31.2 Å². The molecule has 0 radical (unpaired) electrons. The Morgan fingerprint density at radius 2 is 1.88 bits per heavy atom. The molecule has 0 saturated carbocycles. The number of rotatable bonds is 2. The maximum atomic E-state index is 12.3. The van der Waals surface area contributed by atoms with E-state index in [0.717, 1.165) is 15.8 Å². The average Bonchev–Trinajstić information content (AvgIpc) is 2.54. The number of hydrogen-bond acceptors (Lipinski definition) is 4. The molecule has 0 aliphatic rings. The van der Waals surface area contributed by atoms with Gasteiger partial charge in [-0.05, 0) is 24.6 Å². The number of nitrogens with zero attached hydrogens (tertiary/aromatic N) is 4. The van der Waals surface area contributed by atoms with Crippen molar-refractivity contribution in [2.75, 3.05) is 25.1 Å². The van der Waals surface area contributed by atoms with Crippen LogP contribution in [0.2, 0.25) is 0 Å². The molecule has 128 valence electrons. The van der Waals surface area contributed by atoms with Crippen molar-refractivity contribution in [1.82, 2.24) is 14.0 Å². The smallest absolute Gasteiger partial charge is 0.332 e. The fraction of sp³-hybridized carbons (Fsp3) is 0.312. The van der Waals surface area contributed by atoms with Gasteiger partial charge >= 0.3 is 5.69 Å². The quantitative estimate of drug-likeness (QED) is 0.622. The summed E-state index contributed by atoms with van der Waals surface area (Å²) >= 11 is 0. The van der Waals surface area contributed by atoms with E-state index in [1.165, 1.54) is 18.7 Å². The highest BCUT2D eigenvalue weighted by Gasteiger charge is 2.14. The molecule has 8 nitrogen and oxygen atoms in total. The lowest BCUT2D eigenvalue weighted by Gasteiger charge is -2.18. The van der Waals surface area contributed by atoms with Crippen LogP contribution in [-0.2, 0) is 14.1 Å². The minimum atomic E-state index is -0.541. The van der Waals surface area contributed by atoms with Crippen LogP contribution in [-0.4, -0.2) is 34.1 Å². The molecule has 0 unspecified atom stereocenters. The molecule has 8 heteroatoms. The molecular formula is C16H22N6O2. The van der Waals surface area contributed by atoms with Crippen LogP contribution in [0.1, 0.15) is 5.56 Å². The Morgan fingerprint density at radius 1 is 1.21 bits per heavy atom. The Hall–Kier alpha value is -3.03. The molecule has 0 saturated heterocycles. The van der Waals surface area contributed by atoms with Crippen molar-refractivity contribution in [2.24, 2.45) is 19.1 Å². The molecule has 0 aliphatic heterocycles. The summed E-state index contributed by atoms with van der Waals surface area (Å²) in [6, 6.07) is 7.76. The lowest BCUT2D eigenvalue weighted by Crippen LogP contribution is -2.38. The SMILES string of the molecule is Cc1cccc(NC(=Nc2c(N)n(C)c(=O)n(C)c2=O)N(C)C)c1. The van der Waals surface area contributed by atoms with Gasteiger partial charge in [-0.25, -0.2) is 9.79 Å². The fourth-order valence-electron chi connectivity index (χ4n) is 2.14. The second-order valence-corrected chi connectivity index (χ2v) is 5.76. The van der Waals surface area contributed by atoms with E-state index in [9.17, 15) is 9.59 Å². The minimum absolute atomic E-state index is 0.0171. The molecule has 0 spiro atoms. The van der Waals surface area contributed by atoms with Gasteiger partial charge in [-0.1, -0.05) is 12.1 Å². The van der Waals surface area contributed by atoms with Gasteiger partial charge in [-0.15, -0.1) is 0 Å². The molecule has 2 rings (SSSR count). The molecule has 1 aromatic heterocycles. The number of nitrogen functional groups attached to an aromatic ring is 1. The van der Waals surface area contributed by atoms with Crippen molar-refractivity contribution in [3.63, 3.8) is 0 Å². The zero-order valence-corrected chi connectivity index (χ0v) is 14.5. The van der Waals surface area contributed by atoms with Gasteiger partial charge in [0.15, 0.2) is 5.69 Å². The van der Waals surface area contributed by atoms with Gasteiger partial charge in [0.05, 0.1) is 0 Å². The lowest BCUT2D eigenvalue weighted by atomic mass is 10.2. The molecule has 0 aliphatic carbocycles. The van der Waals surface area contributed by atoms with Gasteiger partial charge in [-0.2, -0.15) is 0 Å². The number of aryl methyl sites for hydroxylation is 1. The molecule has 1 heterocycles. The standard InChI is InChI=1S/C16H22N6O2/c1-10-7-6-8-11(9-10)18-15(20(2)3)19-12-13(17)21(4)16(24)22(5)14(12)23/h6-9H,17H2,1-5H3,(H,18,19). The van der Waals surface area contributed by atoms with E-state index < -0.39 is 11.2 Å².